The van der Waals surface area contributed by atoms with Gasteiger partial charge >= 0.3 is 0 Å². The van der Waals surface area contributed by atoms with E-state index in [-0.39, 0.29) is 5.91 Å². The highest BCUT2D eigenvalue weighted by Crippen LogP contribution is 2.38. The standard InChI is InChI=1S/C13H17ClN2O2S/c1-3-5-15-19-12-7-11-9(6-8(12)14)16-13(17)10(4-2)18-11/h6-7,10,15H,3-5H2,1-2H3,(H,16,17). The van der Waals surface area contributed by atoms with Crippen molar-refractivity contribution in [1.82, 2.24) is 4.72 Å². The van der Waals surface area contributed by atoms with Crippen molar-refractivity contribution < 1.29 is 9.53 Å². The first-order chi connectivity index (χ1) is 9.15. The summed E-state index contributed by atoms with van der Waals surface area (Å²) >= 11 is 7.67. The number of carbonyl (C=O) groups excluding carboxylic acids is 1. The lowest BCUT2D eigenvalue weighted by Gasteiger charge is -2.25. The third-order valence-electron chi connectivity index (χ3n) is 2.76. The number of benzene rings is 1. The fourth-order valence-electron chi connectivity index (χ4n) is 1.73. The first-order valence-electron chi connectivity index (χ1n) is 6.36. The number of halogens is 1. The van der Waals surface area contributed by atoms with Gasteiger partial charge in [0.05, 0.1) is 10.7 Å². The molecule has 1 aromatic rings. The number of anilines is 1. The number of ether oxygens (including phenoxy) is 1. The zero-order chi connectivity index (χ0) is 13.8. The monoisotopic (exact) mass is 300 g/mol. The van der Waals surface area contributed by atoms with Crippen LogP contribution >= 0.6 is 23.5 Å². The number of nitrogens with one attached hydrogen (secondary N) is 2. The minimum atomic E-state index is -0.421. The van der Waals surface area contributed by atoms with Gasteiger partial charge in [-0.1, -0.05) is 25.4 Å². The van der Waals surface area contributed by atoms with Gasteiger partial charge in [-0.05, 0) is 36.9 Å². The Morgan fingerprint density at radius 1 is 1.47 bits per heavy atom. The van der Waals surface area contributed by atoms with Gasteiger partial charge in [-0.25, -0.2) is 0 Å². The molecule has 0 bridgehead atoms. The molecular formula is C13H17ClN2O2S. The molecule has 1 aromatic carbocycles. The topological polar surface area (TPSA) is 50.4 Å². The van der Waals surface area contributed by atoms with Crippen LogP contribution in [0.3, 0.4) is 0 Å². The first kappa shape index (κ1) is 14.5. The summed E-state index contributed by atoms with van der Waals surface area (Å²) in [5, 5.41) is 3.42. The van der Waals surface area contributed by atoms with E-state index in [1.54, 1.807) is 6.07 Å². The Balaban J connectivity index is 2.19. The van der Waals surface area contributed by atoms with Crippen LogP contribution in [0, 0.1) is 0 Å². The summed E-state index contributed by atoms with van der Waals surface area (Å²) in [4.78, 5) is 12.6. The minimum Gasteiger partial charge on any atom is -0.478 e. The molecule has 19 heavy (non-hydrogen) atoms. The van der Waals surface area contributed by atoms with E-state index in [1.807, 2.05) is 13.0 Å². The molecule has 4 nitrogen and oxygen atoms in total. The molecule has 0 spiro atoms. The van der Waals surface area contributed by atoms with Crippen LogP contribution in [0.5, 0.6) is 5.75 Å². The molecular weight excluding hydrogens is 284 g/mol. The average Bonchev–Trinajstić information content (AvgIpc) is 2.39. The van der Waals surface area contributed by atoms with Crippen molar-refractivity contribution in [3.63, 3.8) is 0 Å². The van der Waals surface area contributed by atoms with E-state index < -0.39 is 6.10 Å². The van der Waals surface area contributed by atoms with Gasteiger partial charge in [0.25, 0.3) is 5.91 Å². The molecule has 0 radical (unpaired) electrons. The highest BCUT2D eigenvalue weighted by Gasteiger charge is 2.26. The Bertz CT molecular complexity index is 482. The van der Waals surface area contributed by atoms with Gasteiger partial charge < -0.3 is 10.1 Å². The van der Waals surface area contributed by atoms with Gasteiger partial charge in [0, 0.05) is 11.4 Å². The molecule has 0 saturated carbocycles. The second kappa shape index (κ2) is 6.50. The smallest absolute Gasteiger partial charge is 0.265 e. The van der Waals surface area contributed by atoms with Crippen LogP contribution in [0.15, 0.2) is 17.0 Å². The molecule has 104 valence electrons. The zero-order valence-corrected chi connectivity index (χ0v) is 12.5. The molecule has 1 amide bonds. The molecule has 1 aliphatic heterocycles. The normalized spacial score (nSPS) is 17.6. The Morgan fingerprint density at radius 2 is 2.26 bits per heavy atom. The maximum absolute atomic E-state index is 11.7. The average molecular weight is 301 g/mol. The molecule has 2 N–H and O–H groups in total. The summed E-state index contributed by atoms with van der Waals surface area (Å²) in [6, 6.07) is 3.60. The van der Waals surface area contributed by atoms with Crippen molar-refractivity contribution in [3.8, 4) is 5.75 Å². The van der Waals surface area contributed by atoms with Crippen LogP contribution in [-0.4, -0.2) is 18.6 Å². The van der Waals surface area contributed by atoms with Crippen molar-refractivity contribution in [2.45, 2.75) is 37.7 Å². The molecule has 1 unspecified atom stereocenters. The van der Waals surface area contributed by atoms with Crippen molar-refractivity contribution in [2.75, 3.05) is 11.9 Å². The van der Waals surface area contributed by atoms with Crippen LogP contribution in [0.4, 0.5) is 5.69 Å². The predicted molar refractivity (Wildman–Crippen MR) is 78.9 cm³/mol. The van der Waals surface area contributed by atoms with Gasteiger partial charge in [0.1, 0.15) is 5.75 Å². The van der Waals surface area contributed by atoms with E-state index in [9.17, 15) is 4.79 Å². The molecule has 1 heterocycles. The second-order valence-corrected chi connectivity index (χ2v) is 5.62. The number of hydrogen-bond acceptors (Lipinski definition) is 4. The van der Waals surface area contributed by atoms with Crippen LogP contribution < -0.4 is 14.8 Å². The van der Waals surface area contributed by atoms with E-state index >= 15 is 0 Å². The summed E-state index contributed by atoms with van der Waals surface area (Å²) in [5.41, 5.74) is 0.638. The Kier molecular flexibility index (Phi) is 4.96. The first-order valence-corrected chi connectivity index (χ1v) is 7.56. The molecule has 6 heteroatoms. The van der Waals surface area contributed by atoms with Crippen molar-refractivity contribution >= 4 is 35.1 Å². The number of carbonyl (C=O) groups is 1. The van der Waals surface area contributed by atoms with E-state index in [4.69, 9.17) is 16.3 Å². The molecule has 0 aliphatic carbocycles. The van der Waals surface area contributed by atoms with Gasteiger partial charge in [-0.15, -0.1) is 0 Å². The van der Waals surface area contributed by atoms with Crippen LogP contribution in [0.25, 0.3) is 0 Å². The summed E-state index contributed by atoms with van der Waals surface area (Å²) < 4.78 is 8.91. The summed E-state index contributed by atoms with van der Waals surface area (Å²) in [5.74, 6) is 0.562. The molecule has 0 aromatic heterocycles. The van der Waals surface area contributed by atoms with E-state index in [0.717, 1.165) is 17.9 Å². The summed E-state index contributed by atoms with van der Waals surface area (Å²) in [6.45, 7) is 4.93. The molecule has 2 rings (SSSR count). The molecule has 1 atom stereocenters. The molecule has 0 saturated heterocycles. The van der Waals surface area contributed by atoms with Gasteiger partial charge in [0.15, 0.2) is 6.10 Å². The number of fused-ring (bicyclic) bond motifs is 1. The molecule has 0 fully saturated rings. The largest absolute Gasteiger partial charge is 0.478 e. The minimum absolute atomic E-state index is 0.115. The van der Waals surface area contributed by atoms with Gasteiger partial charge in [-0.3, -0.25) is 9.52 Å². The Hall–Kier alpha value is -0.910. The third kappa shape index (κ3) is 3.35. The van der Waals surface area contributed by atoms with E-state index in [0.29, 0.717) is 22.9 Å². The lowest BCUT2D eigenvalue weighted by Crippen LogP contribution is -2.36. The van der Waals surface area contributed by atoms with Crippen LogP contribution in [-0.2, 0) is 4.79 Å². The second-order valence-electron chi connectivity index (χ2n) is 4.28. The number of hydrogen-bond donors (Lipinski definition) is 2. The quantitative estimate of drug-likeness (QED) is 0.646. The van der Waals surface area contributed by atoms with Crippen LogP contribution in [0.1, 0.15) is 26.7 Å². The fourth-order valence-corrected chi connectivity index (χ4v) is 2.79. The van der Waals surface area contributed by atoms with E-state index in [1.165, 1.54) is 11.9 Å². The SMILES string of the molecule is CCCNSc1cc2c(cc1Cl)NC(=O)C(CC)O2. The fraction of sp³-hybridized carbons (Fsp3) is 0.462. The number of rotatable bonds is 5. The van der Waals surface area contributed by atoms with Gasteiger partial charge in [0.2, 0.25) is 0 Å². The highest BCUT2D eigenvalue weighted by atomic mass is 35.5. The highest BCUT2D eigenvalue weighted by molar-refractivity contribution is 7.97. The van der Waals surface area contributed by atoms with Gasteiger partial charge in [-0.2, -0.15) is 0 Å². The summed E-state index contributed by atoms with van der Waals surface area (Å²) in [7, 11) is 0. The Labute approximate surface area is 122 Å². The maximum atomic E-state index is 11.7. The predicted octanol–water partition coefficient (Wildman–Crippen LogP) is 3.46. The van der Waals surface area contributed by atoms with Crippen molar-refractivity contribution in [3.05, 3.63) is 17.2 Å². The lowest BCUT2D eigenvalue weighted by molar-refractivity contribution is -0.123. The summed E-state index contributed by atoms with van der Waals surface area (Å²) in [6.07, 6.45) is 1.28. The zero-order valence-electron chi connectivity index (χ0n) is 11.0. The number of amides is 1. The maximum Gasteiger partial charge on any atom is 0.265 e. The van der Waals surface area contributed by atoms with Crippen molar-refractivity contribution in [1.29, 1.82) is 0 Å². The van der Waals surface area contributed by atoms with Crippen molar-refractivity contribution in [2.24, 2.45) is 0 Å². The van der Waals surface area contributed by atoms with E-state index in [2.05, 4.69) is 17.0 Å². The lowest BCUT2D eigenvalue weighted by atomic mass is 10.2. The molecule has 1 aliphatic rings. The Morgan fingerprint density at radius 3 is 2.95 bits per heavy atom. The van der Waals surface area contributed by atoms with Crippen LogP contribution in [0.2, 0.25) is 5.02 Å². The third-order valence-corrected chi connectivity index (χ3v) is 4.09.